The number of ether oxygens (including phenoxy) is 1. The summed E-state index contributed by atoms with van der Waals surface area (Å²) in [4.78, 5) is 0. The highest BCUT2D eigenvalue weighted by atomic mass is 16.5. The monoisotopic (exact) mass is 263 g/mol. The average molecular weight is 263 g/mol. The highest BCUT2D eigenvalue weighted by molar-refractivity contribution is 5.28. The molecule has 2 atom stereocenters. The van der Waals surface area contributed by atoms with Gasteiger partial charge in [-0.15, -0.1) is 0 Å². The normalized spacial score (nSPS) is 15.3. The van der Waals surface area contributed by atoms with Gasteiger partial charge in [-0.25, -0.2) is 0 Å². The van der Waals surface area contributed by atoms with Crippen molar-refractivity contribution in [1.29, 1.82) is 0 Å². The lowest BCUT2D eigenvalue weighted by Crippen LogP contribution is -2.26. The second-order valence-corrected chi connectivity index (χ2v) is 6.56. The molecule has 0 amide bonds. The van der Waals surface area contributed by atoms with Gasteiger partial charge in [0.25, 0.3) is 0 Å². The highest BCUT2D eigenvalue weighted by Gasteiger charge is 2.14. The van der Waals surface area contributed by atoms with Crippen LogP contribution in [0.1, 0.15) is 51.8 Å². The quantitative estimate of drug-likeness (QED) is 0.840. The van der Waals surface area contributed by atoms with E-state index in [0.717, 1.165) is 13.2 Å². The fourth-order valence-electron chi connectivity index (χ4n) is 2.11. The van der Waals surface area contributed by atoms with E-state index in [-0.39, 0.29) is 5.41 Å². The molecule has 0 saturated heterocycles. The molecule has 0 aliphatic rings. The average Bonchev–Trinajstić information content (AvgIpc) is 2.35. The molecular weight excluding hydrogens is 234 g/mol. The van der Waals surface area contributed by atoms with Gasteiger partial charge in [0.15, 0.2) is 0 Å². The Hall–Kier alpha value is -0.860. The fraction of sp³-hybridized carbons (Fsp3) is 0.647. The van der Waals surface area contributed by atoms with Crippen molar-refractivity contribution in [2.45, 2.75) is 46.1 Å². The molecule has 108 valence electrons. The fourth-order valence-corrected chi connectivity index (χ4v) is 2.11. The van der Waals surface area contributed by atoms with Crippen molar-refractivity contribution in [2.24, 2.45) is 5.92 Å². The minimum absolute atomic E-state index is 0.224. The molecule has 2 heteroatoms. The Morgan fingerprint density at radius 1 is 1.11 bits per heavy atom. The molecule has 19 heavy (non-hydrogen) atoms. The molecule has 2 nitrogen and oxygen atoms in total. The van der Waals surface area contributed by atoms with Crippen LogP contribution in [0.3, 0.4) is 0 Å². The van der Waals surface area contributed by atoms with E-state index in [4.69, 9.17) is 4.74 Å². The second kappa shape index (κ2) is 7.06. The van der Waals surface area contributed by atoms with E-state index in [0.29, 0.717) is 12.0 Å². The molecule has 0 aliphatic heterocycles. The van der Waals surface area contributed by atoms with Crippen molar-refractivity contribution < 1.29 is 4.74 Å². The number of hydrogen-bond acceptors (Lipinski definition) is 2. The van der Waals surface area contributed by atoms with Crippen molar-refractivity contribution in [3.05, 3.63) is 35.4 Å². The van der Waals surface area contributed by atoms with E-state index in [1.807, 2.05) is 0 Å². The van der Waals surface area contributed by atoms with Gasteiger partial charge in [-0.3, -0.25) is 0 Å². The smallest absolute Gasteiger partial charge is 0.0499 e. The van der Waals surface area contributed by atoms with Crippen LogP contribution >= 0.6 is 0 Å². The summed E-state index contributed by atoms with van der Waals surface area (Å²) in [5.74, 6) is 0.543. The molecule has 0 fully saturated rings. The Morgan fingerprint density at radius 2 is 1.68 bits per heavy atom. The van der Waals surface area contributed by atoms with Crippen molar-refractivity contribution in [3.63, 3.8) is 0 Å². The van der Waals surface area contributed by atoms with Crippen molar-refractivity contribution in [1.82, 2.24) is 5.32 Å². The molecule has 0 spiro atoms. The lowest BCUT2D eigenvalue weighted by Gasteiger charge is -2.21. The third-order valence-electron chi connectivity index (χ3n) is 3.50. The van der Waals surface area contributed by atoms with Crippen LogP contribution in [0.4, 0.5) is 0 Å². The van der Waals surface area contributed by atoms with Gasteiger partial charge < -0.3 is 10.1 Å². The Morgan fingerprint density at radius 3 is 2.16 bits per heavy atom. The van der Waals surface area contributed by atoms with Crippen LogP contribution in [-0.4, -0.2) is 20.3 Å². The Balaban J connectivity index is 2.56. The van der Waals surface area contributed by atoms with Crippen LogP contribution in [0.5, 0.6) is 0 Å². The van der Waals surface area contributed by atoms with E-state index in [2.05, 4.69) is 64.2 Å². The zero-order valence-electron chi connectivity index (χ0n) is 13.3. The van der Waals surface area contributed by atoms with Crippen molar-refractivity contribution >= 4 is 0 Å². The summed E-state index contributed by atoms with van der Waals surface area (Å²) in [7, 11) is 1.76. The van der Waals surface area contributed by atoms with E-state index >= 15 is 0 Å². The lowest BCUT2D eigenvalue weighted by atomic mass is 9.86. The van der Waals surface area contributed by atoms with Gasteiger partial charge in [0.1, 0.15) is 0 Å². The van der Waals surface area contributed by atoms with Gasteiger partial charge in [0.2, 0.25) is 0 Å². The van der Waals surface area contributed by atoms with E-state index in [1.54, 1.807) is 7.11 Å². The topological polar surface area (TPSA) is 21.3 Å². The largest absolute Gasteiger partial charge is 0.384 e. The highest BCUT2D eigenvalue weighted by Crippen LogP contribution is 2.23. The third kappa shape index (κ3) is 5.33. The molecule has 1 N–H and O–H groups in total. The molecule has 0 radical (unpaired) electrons. The van der Waals surface area contributed by atoms with Gasteiger partial charge in [-0.2, -0.15) is 0 Å². The standard InChI is InChI=1S/C17H29NO/c1-13(12-19-6)11-18-14(2)15-7-9-16(10-8-15)17(3,4)5/h7-10,13-14,18H,11-12H2,1-6H3. The molecule has 0 heterocycles. The number of hydrogen-bond donors (Lipinski definition) is 1. The van der Waals surface area contributed by atoms with Gasteiger partial charge in [-0.1, -0.05) is 52.0 Å². The molecule has 1 rings (SSSR count). The second-order valence-electron chi connectivity index (χ2n) is 6.56. The zero-order valence-corrected chi connectivity index (χ0v) is 13.3. The first-order valence-electron chi connectivity index (χ1n) is 7.17. The molecular formula is C17H29NO. The summed E-state index contributed by atoms with van der Waals surface area (Å²) in [5, 5.41) is 3.56. The first kappa shape index (κ1) is 16.2. The molecule has 1 aromatic rings. The molecule has 0 bridgehead atoms. The summed E-state index contributed by atoms with van der Waals surface area (Å²) in [6.45, 7) is 12.9. The SMILES string of the molecule is COCC(C)CNC(C)c1ccc(C(C)(C)C)cc1. The maximum absolute atomic E-state index is 5.15. The lowest BCUT2D eigenvalue weighted by molar-refractivity contribution is 0.157. The van der Waals surface area contributed by atoms with Crippen molar-refractivity contribution in [2.75, 3.05) is 20.3 Å². The van der Waals surface area contributed by atoms with Gasteiger partial charge in [0, 0.05) is 26.3 Å². The van der Waals surface area contributed by atoms with E-state index in [1.165, 1.54) is 11.1 Å². The Kier molecular flexibility index (Phi) is 6.02. The minimum Gasteiger partial charge on any atom is -0.384 e. The van der Waals surface area contributed by atoms with Gasteiger partial charge in [-0.05, 0) is 29.4 Å². The minimum atomic E-state index is 0.224. The number of nitrogens with one attached hydrogen (secondary N) is 1. The van der Waals surface area contributed by atoms with Gasteiger partial charge in [0.05, 0.1) is 0 Å². The zero-order chi connectivity index (χ0) is 14.5. The number of rotatable bonds is 6. The predicted molar refractivity (Wildman–Crippen MR) is 82.6 cm³/mol. The molecule has 0 saturated carbocycles. The summed E-state index contributed by atoms with van der Waals surface area (Å²) >= 11 is 0. The van der Waals surface area contributed by atoms with E-state index in [9.17, 15) is 0 Å². The maximum Gasteiger partial charge on any atom is 0.0499 e. The first-order chi connectivity index (χ1) is 8.84. The van der Waals surface area contributed by atoms with Crippen molar-refractivity contribution in [3.8, 4) is 0 Å². The predicted octanol–water partition coefficient (Wildman–Crippen LogP) is 3.92. The van der Waals surface area contributed by atoms with Gasteiger partial charge >= 0.3 is 0 Å². The molecule has 2 unspecified atom stereocenters. The van der Waals surface area contributed by atoms with Crippen LogP contribution in [0, 0.1) is 5.92 Å². The Bertz CT molecular complexity index is 364. The molecule has 0 aromatic heterocycles. The summed E-state index contributed by atoms with van der Waals surface area (Å²) < 4.78 is 5.15. The maximum atomic E-state index is 5.15. The van der Waals surface area contributed by atoms with Crippen LogP contribution in [0.2, 0.25) is 0 Å². The van der Waals surface area contributed by atoms with Crippen LogP contribution in [0.15, 0.2) is 24.3 Å². The summed E-state index contributed by atoms with van der Waals surface area (Å²) in [5.41, 5.74) is 2.95. The van der Waals surface area contributed by atoms with Crippen LogP contribution < -0.4 is 5.32 Å². The van der Waals surface area contributed by atoms with Crippen LogP contribution in [-0.2, 0) is 10.2 Å². The third-order valence-corrected chi connectivity index (χ3v) is 3.50. The summed E-state index contributed by atoms with van der Waals surface area (Å²) in [6, 6.07) is 9.34. The number of benzene rings is 1. The molecule has 1 aromatic carbocycles. The van der Waals surface area contributed by atoms with Crippen LogP contribution in [0.25, 0.3) is 0 Å². The Labute approximate surface area is 118 Å². The first-order valence-corrected chi connectivity index (χ1v) is 7.17. The van der Waals surface area contributed by atoms with E-state index < -0.39 is 0 Å². The molecule has 0 aliphatic carbocycles. The summed E-state index contributed by atoms with van der Waals surface area (Å²) in [6.07, 6.45) is 0. The number of methoxy groups -OCH3 is 1.